The van der Waals surface area contributed by atoms with Gasteiger partial charge in [-0.2, -0.15) is 5.48 Å². The Labute approximate surface area is 124 Å². The molecule has 11 N–H and O–H groups in total. The first-order valence-electron chi connectivity index (χ1n) is 6.73. The molecule has 0 fully saturated rings. The zero-order chi connectivity index (χ0) is 16.1. The van der Waals surface area contributed by atoms with Gasteiger partial charge in [0, 0.05) is 13.1 Å². The van der Waals surface area contributed by atoms with Gasteiger partial charge in [-0.3, -0.25) is 15.7 Å². The molecule has 10 nitrogen and oxygen atoms in total. The van der Waals surface area contributed by atoms with Crippen molar-refractivity contribution in [3.8, 4) is 0 Å². The summed E-state index contributed by atoms with van der Waals surface area (Å²) in [6.07, 6.45) is 2.66. The minimum atomic E-state index is -0.545. The van der Waals surface area contributed by atoms with E-state index >= 15 is 0 Å². The van der Waals surface area contributed by atoms with Gasteiger partial charge in [-0.15, -0.1) is 0 Å². The third kappa shape index (κ3) is 12.9. The molecule has 0 rings (SSSR count). The van der Waals surface area contributed by atoms with E-state index in [4.69, 9.17) is 32.9 Å². The van der Waals surface area contributed by atoms with Crippen LogP contribution in [-0.2, 0) is 9.63 Å². The molecule has 0 aliphatic heterocycles. The lowest BCUT2D eigenvalue weighted by Gasteiger charge is -2.17. The maximum atomic E-state index is 10.9. The molecule has 21 heavy (non-hydrogen) atoms. The Kier molecular flexibility index (Phi) is 10.8. The Morgan fingerprint density at radius 2 is 1.62 bits per heavy atom. The summed E-state index contributed by atoms with van der Waals surface area (Å²) in [7, 11) is 0. The molecule has 122 valence electrons. The third-order valence-corrected chi connectivity index (χ3v) is 2.52. The smallest absolute Gasteiger partial charge is 0.185 e. The molecule has 0 amide bonds. The molecule has 0 radical (unpaired) electrons. The van der Waals surface area contributed by atoms with Crippen LogP contribution in [0.5, 0.6) is 0 Å². The Morgan fingerprint density at radius 3 is 2.10 bits per heavy atom. The van der Waals surface area contributed by atoms with Gasteiger partial charge in [-0.25, -0.2) is 0 Å². The molecule has 0 aliphatic rings. The van der Waals surface area contributed by atoms with Gasteiger partial charge in [0.1, 0.15) is 12.5 Å². The van der Waals surface area contributed by atoms with Gasteiger partial charge in [0.15, 0.2) is 11.9 Å². The van der Waals surface area contributed by atoms with E-state index in [1.54, 1.807) is 0 Å². The van der Waals surface area contributed by atoms with Crippen LogP contribution in [0.4, 0.5) is 0 Å². The monoisotopic (exact) mass is 302 g/mol. The van der Waals surface area contributed by atoms with Crippen LogP contribution in [-0.4, -0.2) is 43.6 Å². The van der Waals surface area contributed by atoms with Gasteiger partial charge < -0.3 is 32.6 Å². The van der Waals surface area contributed by atoms with Gasteiger partial charge in [-0.05, 0) is 25.7 Å². The molecular weight excluding hydrogens is 276 g/mol. The maximum absolute atomic E-state index is 10.9. The molecule has 0 heterocycles. The Balaban J connectivity index is 3.66. The van der Waals surface area contributed by atoms with Crippen LogP contribution in [0.15, 0.2) is 0 Å². The van der Waals surface area contributed by atoms with Crippen molar-refractivity contribution in [3.05, 3.63) is 0 Å². The van der Waals surface area contributed by atoms with Crippen molar-refractivity contribution < 1.29 is 9.63 Å². The first kappa shape index (κ1) is 19.1. The Hall–Kier alpha value is -1.91. The number of nitrogens with one attached hydrogen (secondary N) is 5. The summed E-state index contributed by atoms with van der Waals surface area (Å²) in [4.78, 5) is 16.0. The molecule has 0 aromatic heterocycles. The van der Waals surface area contributed by atoms with Crippen LogP contribution in [0.2, 0.25) is 0 Å². The highest BCUT2D eigenvalue weighted by Gasteiger charge is 2.09. The number of hydrogen-bond acceptors (Lipinski definition) is 6. The van der Waals surface area contributed by atoms with Gasteiger partial charge >= 0.3 is 0 Å². The SMILES string of the molecule is N=C(N)NCCC[C@@H](N)ON[C@@H](C=O)CCCNC(=N)N. The lowest BCUT2D eigenvalue weighted by atomic mass is 10.2. The second-order valence-corrected chi connectivity index (χ2v) is 4.48. The van der Waals surface area contributed by atoms with E-state index < -0.39 is 12.3 Å². The van der Waals surface area contributed by atoms with Crippen molar-refractivity contribution >= 4 is 18.2 Å². The van der Waals surface area contributed by atoms with E-state index in [-0.39, 0.29) is 11.9 Å². The summed E-state index contributed by atoms with van der Waals surface area (Å²) in [5, 5.41) is 19.3. The standard InChI is InChI=1S/C11H26N8O2/c12-9(4-2-6-18-11(15)16)21-19-8(7-20)3-1-5-17-10(13)14/h7-9,19H,1-6,12H2,(H4,13,14,17)(H4,15,16,18)/t8-,9+/m1/s1. The van der Waals surface area contributed by atoms with Crippen molar-refractivity contribution in [3.63, 3.8) is 0 Å². The van der Waals surface area contributed by atoms with Crippen LogP contribution in [0, 0.1) is 10.8 Å². The summed E-state index contributed by atoms with van der Waals surface area (Å²) in [6.45, 7) is 1.06. The number of carbonyl (C=O) groups is 1. The molecule has 0 aromatic carbocycles. The fraction of sp³-hybridized carbons (Fsp3) is 0.727. The second kappa shape index (κ2) is 11.9. The zero-order valence-corrected chi connectivity index (χ0v) is 12.0. The highest BCUT2D eigenvalue weighted by atomic mass is 16.7. The minimum Gasteiger partial charge on any atom is -0.370 e. The first-order valence-corrected chi connectivity index (χ1v) is 6.73. The number of aldehydes is 1. The number of guanidine groups is 2. The normalized spacial score (nSPS) is 13.2. The van der Waals surface area contributed by atoms with Gasteiger partial charge in [0.2, 0.25) is 0 Å². The number of carbonyl (C=O) groups excluding carboxylic acids is 1. The van der Waals surface area contributed by atoms with Crippen LogP contribution in [0.1, 0.15) is 25.7 Å². The van der Waals surface area contributed by atoms with E-state index in [1.807, 2.05) is 0 Å². The molecule has 0 aliphatic carbocycles. The quantitative estimate of drug-likeness (QED) is 0.0501. The Bertz CT molecular complexity index is 325. The van der Waals surface area contributed by atoms with Gasteiger partial charge in [0.05, 0.1) is 6.04 Å². The summed E-state index contributed by atoms with van der Waals surface area (Å²) in [5.41, 5.74) is 18.6. The predicted molar refractivity (Wildman–Crippen MR) is 80.3 cm³/mol. The van der Waals surface area contributed by atoms with Crippen molar-refractivity contribution in [2.75, 3.05) is 13.1 Å². The Morgan fingerprint density at radius 1 is 1.10 bits per heavy atom. The van der Waals surface area contributed by atoms with Crippen molar-refractivity contribution in [1.29, 1.82) is 10.8 Å². The molecule has 0 aromatic rings. The fourth-order valence-corrected chi connectivity index (χ4v) is 1.46. The minimum absolute atomic E-state index is 0.0807. The van der Waals surface area contributed by atoms with E-state index in [9.17, 15) is 4.79 Å². The maximum Gasteiger partial charge on any atom is 0.185 e. The molecule has 2 atom stereocenters. The van der Waals surface area contributed by atoms with E-state index in [0.717, 1.165) is 6.29 Å². The molecule has 0 unspecified atom stereocenters. The zero-order valence-electron chi connectivity index (χ0n) is 12.0. The number of rotatable bonds is 12. The second-order valence-electron chi connectivity index (χ2n) is 4.48. The topological polar surface area (TPSA) is 188 Å². The summed E-state index contributed by atoms with van der Waals surface area (Å²) < 4.78 is 0. The average molecular weight is 302 g/mol. The van der Waals surface area contributed by atoms with Gasteiger partial charge in [-0.1, -0.05) is 0 Å². The van der Waals surface area contributed by atoms with Crippen LogP contribution in [0.3, 0.4) is 0 Å². The lowest BCUT2D eigenvalue weighted by molar-refractivity contribution is -0.116. The summed E-state index contributed by atoms with van der Waals surface area (Å²) in [6, 6.07) is -0.458. The first-order chi connectivity index (χ1) is 9.95. The van der Waals surface area contributed by atoms with Crippen molar-refractivity contribution in [1.82, 2.24) is 16.1 Å². The van der Waals surface area contributed by atoms with E-state index in [2.05, 4.69) is 16.1 Å². The third-order valence-electron chi connectivity index (χ3n) is 2.52. The van der Waals surface area contributed by atoms with Crippen LogP contribution >= 0.6 is 0 Å². The van der Waals surface area contributed by atoms with Crippen LogP contribution < -0.4 is 33.3 Å². The molecule has 0 bridgehead atoms. The molecule has 0 saturated heterocycles. The lowest BCUT2D eigenvalue weighted by Crippen LogP contribution is -2.39. The van der Waals surface area contributed by atoms with Gasteiger partial charge in [0.25, 0.3) is 0 Å². The highest BCUT2D eigenvalue weighted by Crippen LogP contribution is 1.97. The largest absolute Gasteiger partial charge is 0.370 e. The molecule has 0 saturated carbocycles. The summed E-state index contributed by atoms with van der Waals surface area (Å²) in [5.74, 6) is -0.175. The van der Waals surface area contributed by atoms with E-state index in [0.29, 0.717) is 38.8 Å². The predicted octanol–water partition coefficient (Wildman–Crippen LogP) is -2.11. The summed E-state index contributed by atoms with van der Waals surface area (Å²) >= 11 is 0. The average Bonchev–Trinajstić information content (AvgIpc) is 2.42. The number of nitrogens with two attached hydrogens (primary N) is 3. The molecule has 10 heteroatoms. The molecule has 0 spiro atoms. The van der Waals surface area contributed by atoms with Crippen molar-refractivity contribution in [2.24, 2.45) is 17.2 Å². The highest BCUT2D eigenvalue weighted by molar-refractivity contribution is 5.74. The fourth-order valence-electron chi connectivity index (χ4n) is 1.46. The van der Waals surface area contributed by atoms with Crippen LogP contribution in [0.25, 0.3) is 0 Å². The van der Waals surface area contributed by atoms with E-state index in [1.165, 1.54) is 0 Å². The van der Waals surface area contributed by atoms with Crippen molar-refractivity contribution in [2.45, 2.75) is 38.0 Å². The number of hydroxylamine groups is 1. The molecular formula is C11H26N8O2. The number of hydrogen-bond donors (Lipinski definition) is 8.